The number of likely N-dealkylation sites (tertiary alicyclic amines) is 1. The van der Waals surface area contributed by atoms with Crippen LogP contribution in [0.25, 0.3) is 0 Å². The summed E-state index contributed by atoms with van der Waals surface area (Å²) < 4.78 is 0. The molecule has 0 amide bonds. The van der Waals surface area contributed by atoms with Crippen LogP contribution in [-0.2, 0) is 0 Å². The second-order valence-electron chi connectivity index (χ2n) is 5.42. The van der Waals surface area contributed by atoms with Crippen LogP contribution < -0.4 is 5.32 Å². The molecule has 0 aromatic rings. The number of hydrogen-bond acceptors (Lipinski definition) is 3. The van der Waals surface area contributed by atoms with E-state index in [1.54, 1.807) is 0 Å². The Balaban J connectivity index is 1.86. The van der Waals surface area contributed by atoms with E-state index < -0.39 is 0 Å². The molecule has 1 atom stereocenters. The van der Waals surface area contributed by atoms with Gasteiger partial charge in [-0.05, 0) is 64.7 Å². The average molecular weight is 212 g/mol. The van der Waals surface area contributed by atoms with E-state index in [1.807, 2.05) is 0 Å². The number of hydrogen-bond donors (Lipinski definition) is 2. The van der Waals surface area contributed by atoms with Gasteiger partial charge in [-0.1, -0.05) is 0 Å². The van der Waals surface area contributed by atoms with Gasteiger partial charge in [-0.15, -0.1) is 0 Å². The van der Waals surface area contributed by atoms with Gasteiger partial charge in [0.05, 0.1) is 6.61 Å². The summed E-state index contributed by atoms with van der Waals surface area (Å²) in [5.41, 5.74) is 0.0212. The number of nitrogens with one attached hydrogen (secondary N) is 1. The number of rotatable bonds is 4. The Labute approximate surface area is 92.8 Å². The lowest BCUT2D eigenvalue weighted by molar-refractivity contribution is 0.143. The summed E-state index contributed by atoms with van der Waals surface area (Å²) in [6, 6.07) is 0. The topological polar surface area (TPSA) is 35.5 Å². The summed E-state index contributed by atoms with van der Waals surface area (Å²) in [4.78, 5) is 2.37. The molecule has 1 saturated carbocycles. The summed E-state index contributed by atoms with van der Waals surface area (Å²) in [7, 11) is 2.17. The van der Waals surface area contributed by atoms with Gasteiger partial charge in [0.25, 0.3) is 0 Å². The third-order valence-corrected chi connectivity index (χ3v) is 3.93. The first-order valence-corrected chi connectivity index (χ1v) is 6.28. The SMILES string of the molecule is CN1CCCC(CO)(NCC2CC2)CC1. The van der Waals surface area contributed by atoms with Crippen LogP contribution in [0.1, 0.15) is 32.1 Å². The van der Waals surface area contributed by atoms with Gasteiger partial charge in [0.15, 0.2) is 0 Å². The van der Waals surface area contributed by atoms with E-state index in [9.17, 15) is 5.11 Å². The monoisotopic (exact) mass is 212 g/mol. The maximum absolute atomic E-state index is 9.61. The third kappa shape index (κ3) is 3.16. The van der Waals surface area contributed by atoms with Crippen molar-refractivity contribution in [3.8, 4) is 0 Å². The molecule has 0 radical (unpaired) electrons. The van der Waals surface area contributed by atoms with Crippen LogP contribution in [0.4, 0.5) is 0 Å². The van der Waals surface area contributed by atoms with Crippen LogP contribution in [-0.4, -0.2) is 48.8 Å². The highest BCUT2D eigenvalue weighted by Gasteiger charge is 2.33. The molecular weight excluding hydrogens is 188 g/mol. The molecule has 0 bridgehead atoms. The molecule has 3 nitrogen and oxygen atoms in total. The van der Waals surface area contributed by atoms with Gasteiger partial charge in [0, 0.05) is 5.54 Å². The van der Waals surface area contributed by atoms with Gasteiger partial charge < -0.3 is 15.3 Å². The molecule has 0 spiro atoms. The zero-order valence-corrected chi connectivity index (χ0v) is 9.84. The van der Waals surface area contributed by atoms with Gasteiger partial charge in [-0.3, -0.25) is 0 Å². The highest BCUT2D eigenvalue weighted by Crippen LogP contribution is 2.30. The molecule has 0 aromatic heterocycles. The molecule has 1 unspecified atom stereocenters. The van der Waals surface area contributed by atoms with E-state index in [1.165, 1.54) is 25.8 Å². The fourth-order valence-corrected chi connectivity index (χ4v) is 2.40. The van der Waals surface area contributed by atoms with Crippen molar-refractivity contribution in [1.29, 1.82) is 0 Å². The lowest BCUT2D eigenvalue weighted by Crippen LogP contribution is -2.49. The predicted molar refractivity (Wildman–Crippen MR) is 61.9 cm³/mol. The highest BCUT2D eigenvalue weighted by atomic mass is 16.3. The summed E-state index contributed by atoms with van der Waals surface area (Å²) in [5, 5.41) is 13.2. The molecular formula is C12H24N2O. The molecule has 2 rings (SSSR count). The molecule has 3 heteroatoms. The second-order valence-corrected chi connectivity index (χ2v) is 5.42. The van der Waals surface area contributed by atoms with Crippen molar-refractivity contribution in [2.75, 3.05) is 33.3 Å². The van der Waals surface area contributed by atoms with E-state index in [0.717, 1.165) is 31.8 Å². The van der Waals surface area contributed by atoms with Gasteiger partial charge in [0.1, 0.15) is 0 Å². The molecule has 15 heavy (non-hydrogen) atoms. The van der Waals surface area contributed by atoms with Crippen LogP contribution in [0.3, 0.4) is 0 Å². The first-order chi connectivity index (χ1) is 7.24. The minimum Gasteiger partial charge on any atom is -0.394 e. The summed E-state index contributed by atoms with van der Waals surface area (Å²) in [5.74, 6) is 0.898. The van der Waals surface area contributed by atoms with Gasteiger partial charge >= 0.3 is 0 Å². The number of aliphatic hydroxyl groups is 1. The van der Waals surface area contributed by atoms with E-state index in [4.69, 9.17) is 0 Å². The Morgan fingerprint density at radius 2 is 2.13 bits per heavy atom. The van der Waals surface area contributed by atoms with Crippen molar-refractivity contribution in [1.82, 2.24) is 10.2 Å². The largest absolute Gasteiger partial charge is 0.394 e. The molecule has 0 aromatic carbocycles. The Kier molecular flexibility index (Phi) is 3.65. The molecule has 2 N–H and O–H groups in total. The smallest absolute Gasteiger partial charge is 0.0613 e. The molecule has 2 aliphatic rings. The van der Waals surface area contributed by atoms with Gasteiger partial charge in [-0.2, -0.15) is 0 Å². The number of nitrogens with zero attached hydrogens (tertiary/aromatic N) is 1. The molecule has 1 heterocycles. The highest BCUT2D eigenvalue weighted by molar-refractivity contribution is 4.92. The molecule has 1 aliphatic carbocycles. The fraction of sp³-hybridized carbons (Fsp3) is 1.00. The van der Waals surface area contributed by atoms with Crippen molar-refractivity contribution in [3.05, 3.63) is 0 Å². The van der Waals surface area contributed by atoms with Crippen LogP contribution >= 0.6 is 0 Å². The Hall–Kier alpha value is -0.120. The minimum atomic E-state index is 0.0212. The van der Waals surface area contributed by atoms with Crippen LogP contribution in [0.2, 0.25) is 0 Å². The lowest BCUT2D eigenvalue weighted by Gasteiger charge is -2.32. The summed E-state index contributed by atoms with van der Waals surface area (Å²) in [6.07, 6.45) is 6.19. The summed E-state index contributed by atoms with van der Waals surface area (Å²) in [6.45, 7) is 3.70. The predicted octanol–water partition coefficient (Wildman–Crippen LogP) is 0.833. The molecule has 1 saturated heterocycles. The lowest BCUT2D eigenvalue weighted by atomic mass is 9.91. The standard InChI is InChI=1S/C12H24N2O/c1-14-7-2-5-12(10-15,6-8-14)13-9-11-3-4-11/h11,13,15H,2-10H2,1H3. The van der Waals surface area contributed by atoms with E-state index in [0.29, 0.717) is 6.61 Å². The van der Waals surface area contributed by atoms with Crippen molar-refractivity contribution < 1.29 is 5.11 Å². The van der Waals surface area contributed by atoms with E-state index >= 15 is 0 Å². The van der Waals surface area contributed by atoms with Crippen molar-refractivity contribution >= 4 is 0 Å². The first kappa shape index (κ1) is 11.4. The van der Waals surface area contributed by atoms with Crippen LogP contribution in [0.5, 0.6) is 0 Å². The number of aliphatic hydroxyl groups excluding tert-OH is 1. The maximum atomic E-state index is 9.61. The Bertz CT molecular complexity index is 206. The third-order valence-electron chi connectivity index (χ3n) is 3.93. The Morgan fingerprint density at radius 3 is 2.80 bits per heavy atom. The quantitative estimate of drug-likeness (QED) is 0.724. The van der Waals surface area contributed by atoms with Crippen molar-refractivity contribution in [2.45, 2.75) is 37.6 Å². The van der Waals surface area contributed by atoms with Crippen LogP contribution in [0.15, 0.2) is 0 Å². The van der Waals surface area contributed by atoms with E-state index in [-0.39, 0.29) is 5.54 Å². The van der Waals surface area contributed by atoms with Crippen molar-refractivity contribution in [2.24, 2.45) is 5.92 Å². The molecule has 1 aliphatic heterocycles. The van der Waals surface area contributed by atoms with Crippen LogP contribution in [0, 0.1) is 5.92 Å². The Morgan fingerprint density at radius 1 is 1.33 bits per heavy atom. The van der Waals surface area contributed by atoms with Gasteiger partial charge in [0.2, 0.25) is 0 Å². The average Bonchev–Trinajstić information content (AvgIpc) is 3.04. The van der Waals surface area contributed by atoms with E-state index in [2.05, 4.69) is 17.3 Å². The summed E-state index contributed by atoms with van der Waals surface area (Å²) >= 11 is 0. The maximum Gasteiger partial charge on any atom is 0.0613 e. The minimum absolute atomic E-state index is 0.0212. The van der Waals surface area contributed by atoms with Crippen molar-refractivity contribution in [3.63, 3.8) is 0 Å². The first-order valence-electron chi connectivity index (χ1n) is 6.28. The zero-order chi connectivity index (χ0) is 10.7. The normalized spacial score (nSPS) is 34.0. The molecule has 2 fully saturated rings. The van der Waals surface area contributed by atoms with Gasteiger partial charge in [-0.25, -0.2) is 0 Å². The fourth-order valence-electron chi connectivity index (χ4n) is 2.40. The second kappa shape index (κ2) is 4.81. The zero-order valence-electron chi connectivity index (χ0n) is 9.84. The molecule has 88 valence electrons.